The van der Waals surface area contributed by atoms with Gasteiger partial charge in [0.15, 0.2) is 17.3 Å². The maximum absolute atomic E-state index is 12.8. The van der Waals surface area contributed by atoms with Crippen molar-refractivity contribution in [2.45, 2.75) is 20.4 Å². The molecule has 28 heavy (non-hydrogen) atoms. The van der Waals surface area contributed by atoms with Crippen molar-refractivity contribution in [2.24, 2.45) is 0 Å². The fraction of sp³-hybridized carbons (Fsp3) is 0.211. The van der Waals surface area contributed by atoms with E-state index in [2.05, 4.69) is 5.10 Å². The van der Waals surface area contributed by atoms with Crippen LogP contribution in [0.15, 0.2) is 35.3 Å². The summed E-state index contributed by atoms with van der Waals surface area (Å²) in [5.41, 5.74) is 2.36. The van der Waals surface area contributed by atoms with E-state index < -0.39 is 5.56 Å². The van der Waals surface area contributed by atoms with Crippen molar-refractivity contribution in [3.63, 3.8) is 0 Å². The van der Waals surface area contributed by atoms with E-state index in [0.29, 0.717) is 17.1 Å². The van der Waals surface area contributed by atoms with Crippen LogP contribution in [0.5, 0.6) is 11.5 Å². The summed E-state index contributed by atoms with van der Waals surface area (Å²) in [5, 5.41) is 3.79. The lowest BCUT2D eigenvalue weighted by atomic mass is 10.1. The lowest BCUT2D eigenvalue weighted by molar-refractivity contribution is 0.0965. The number of Topliss-reactive ketones (excluding diaryl/α,β-unsaturated/α-hetero) is 1. The summed E-state index contributed by atoms with van der Waals surface area (Å²) >= 11 is 11.6. The van der Waals surface area contributed by atoms with E-state index in [4.69, 9.17) is 32.7 Å². The Balaban J connectivity index is 1.69. The quantitative estimate of drug-likeness (QED) is 0.604. The Kier molecular flexibility index (Phi) is 4.64. The number of carbonyl (C=O) groups is 1. The Labute approximate surface area is 170 Å². The van der Waals surface area contributed by atoms with Crippen LogP contribution in [0.25, 0.3) is 5.69 Å². The van der Waals surface area contributed by atoms with Gasteiger partial charge in [0.2, 0.25) is 6.79 Å². The summed E-state index contributed by atoms with van der Waals surface area (Å²) in [5.74, 6) is 1.09. The Morgan fingerprint density at radius 1 is 1.18 bits per heavy atom. The smallest absolute Gasteiger partial charge is 0.287 e. The minimum atomic E-state index is -0.605. The zero-order chi connectivity index (χ0) is 20.0. The first-order valence-corrected chi connectivity index (χ1v) is 9.15. The van der Waals surface area contributed by atoms with Gasteiger partial charge in [0, 0.05) is 28.7 Å². The third kappa shape index (κ3) is 3.06. The third-order valence-electron chi connectivity index (χ3n) is 4.58. The monoisotopic (exact) mass is 419 g/mol. The summed E-state index contributed by atoms with van der Waals surface area (Å²) in [6.07, 6.45) is 1.24. The van der Waals surface area contributed by atoms with Crippen molar-refractivity contribution in [1.82, 2.24) is 14.3 Å². The molecular formula is C19H15Cl2N3O4. The summed E-state index contributed by atoms with van der Waals surface area (Å²) in [6.45, 7) is 3.70. The van der Waals surface area contributed by atoms with Gasteiger partial charge in [0.1, 0.15) is 11.6 Å². The summed E-state index contributed by atoms with van der Waals surface area (Å²) in [6, 6.07) is 7.37. The van der Waals surface area contributed by atoms with Crippen LogP contribution >= 0.6 is 23.2 Å². The molecule has 1 aliphatic rings. The van der Waals surface area contributed by atoms with Crippen LogP contribution in [0.2, 0.25) is 10.0 Å². The van der Waals surface area contributed by atoms with Crippen LogP contribution in [0, 0.1) is 13.8 Å². The van der Waals surface area contributed by atoms with Crippen LogP contribution in [0.1, 0.15) is 21.7 Å². The number of rotatable bonds is 4. The average Bonchev–Trinajstić information content (AvgIpc) is 3.25. The second-order valence-corrected chi connectivity index (χ2v) is 7.14. The summed E-state index contributed by atoms with van der Waals surface area (Å²) < 4.78 is 13.7. The van der Waals surface area contributed by atoms with Crippen molar-refractivity contribution < 1.29 is 14.3 Å². The normalized spacial score (nSPS) is 12.4. The molecule has 2 aromatic heterocycles. The van der Waals surface area contributed by atoms with Gasteiger partial charge in [-0.2, -0.15) is 5.10 Å². The average molecular weight is 420 g/mol. The van der Waals surface area contributed by atoms with Gasteiger partial charge in [0.05, 0.1) is 11.2 Å². The lowest BCUT2D eigenvalue weighted by Crippen LogP contribution is -2.27. The number of aromatic nitrogens is 3. The van der Waals surface area contributed by atoms with E-state index in [1.807, 2.05) is 36.6 Å². The Hall–Kier alpha value is -2.77. The highest BCUT2D eigenvalue weighted by atomic mass is 35.5. The first kappa shape index (κ1) is 18.6. The number of ketones is 1. The number of fused-ring (bicyclic) bond motifs is 1. The molecule has 0 amide bonds. The largest absolute Gasteiger partial charge is 0.454 e. The molecule has 0 bridgehead atoms. The van der Waals surface area contributed by atoms with Gasteiger partial charge >= 0.3 is 0 Å². The molecule has 144 valence electrons. The molecule has 0 spiro atoms. The topological polar surface area (TPSA) is 75.4 Å². The maximum Gasteiger partial charge on any atom is 0.287 e. The summed E-state index contributed by atoms with van der Waals surface area (Å²) in [4.78, 5) is 25.0. The molecule has 0 aliphatic carbocycles. The standard InChI is InChI=1S/C19H15Cl2N3O4/c1-10-5-13(15(25)8-23-19(26)18(21)14(20)7-22-23)11(2)24(10)12-3-4-16-17(6-12)28-9-27-16/h3-7H,8-9H2,1-2H3. The predicted octanol–water partition coefficient (Wildman–Crippen LogP) is 3.57. The first-order chi connectivity index (χ1) is 13.4. The van der Waals surface area contributed by atoms with E-state index in [1.165, 1.54) is 6.20 Å². The highest BCUT2D eigenvalue weighted by molar-refractivity contribution is 6.41. The zero-order valence-corrected chi connectivity index (χ0v) is 16.5. The highest BCUT2D eigenvalue weighted by Crippen LogP contribution is 2.35. The van der Waals surface area contributed by atoms with Crippen molar-refractivity contribution >= 4 is 29.0 Å². The molecule has 4 rings (SSSR count). The van der Waals surface area contributed by atoms with E-state index >= 15 is 0 Å². The molecule has 9 heteroatoms. The molecule has 3 aromatic rings. The van der Waals surface area contributed by atoms with Gasteiger partial charge in [-0.3, -0.25) is 9.59 Å². The van der Waals surface area contributed by atoms with Crippen molar-refractivity contribution in [2.75, 3.05) is 6.79 Å². The van der Waals surface area contributed by atoms with Crippen molar-refractivity contribution in [1.29, 1.82) is 0 Å². The van der Waals surface area contributed by atoms with Crippen molar-refractivity contribution in [3.05, 3.63) is 67.8 Å². The van der Waals surface area contributed by atoms with Gasteiger partial charge in [-0.15, -0.1) is 0 Å². The van der Waals surface area contributed by atoms with E-state index in [0.717, 1.165) is 21.8 Å². The summed E-state index contributed by atoms with van der Waals surface area (Å²) in [7, 11) is 0. The second-order valence-electron chi connectivity index (χ2n) is 6.35. The van der Waals surface area contributed by atoms with Crippen molar-refractivity contribution in [3.8, 4) is 17.2 Å². The van der Waals surface area contributed by atoms with Gasteiger partial charge in [0.25, 0.3) is 5.56 Å². The first-order valence-electron chi connectivity index (χ1n) is 8.40. The zero-order valence-electron chi connectivity index (χ0n) is 15.0. The molecule has 0 saturated carbocycles. The molecule has 0 fully saturated rings. The fourth-order valence-electron chi connectivity index (χ4n) is 3.25. The van der Waals surface area contributed by atoms with Gasteiger partial charge in [-0.1, -0.05) is 23.2 Å². The van der Waals surface area contributed by atoms with E-state index in [-0.39, 0.29) is 29.2 Å². The van der Waals surface area contributed by atoms with Crippen LogP contribution in [0.4, 0.5) is 0 Å². The second kappa shape index (κ2) is 7.00. The molecule has 0 unspecified atom stereocenters. The van der Waals surface area contributed by atoms with E-state index in [1.54, 1.807) is 6.07 Å². The fourth-order valence-corrected chi connectivity index (χ4v) is 3.52. The highest BCUT2D eigenvalue weighted by Gasteiger charge is 2.20. The maximum atomic E-state index is 12.8. The van der Waals surface area contributed by atoms with Crippen LogP contribution in [-0.2, 0) is 6.54 Å². The number of nitrogens with zero attached hydrogens (tertiary/aromatic N) is 3. The predicted molar refractivity (Wildman–Crippen MR) is 104 cm³/mol. The van der Waals surface area contributed by atoms with Gasteiger partial charge in [-0.25, -0.2) is 4.68 Å². The number of aryl methyl sites for hydroxylation is 1. The van der Waals surface area contributed by atoms with Gasteiger partial charge in [-0.05, 0) is 32.0 Å². The molecular weight excluding hydrogens is 405 g/mol. The molecule has 0 atom stereocenters. The minimum Gasteiger partial charge on any atom is -0.454 e. The SMILES string of the molecule is Cc1cc(C(=O)Cn2ncc(Cl)c(Cl)c2=O)c(C)n1-c1ccc2c(c1)OCO2. The van der Waals surface area contributed by atoms with Crippen LogP contribution in [-0.4, -0.2) is 26.9 Å². The Morgan fingerprint density at radius 3 is 2.71 bits per heavy atom. The number of carbonyl (C=O) groups excluding carboxylic acids is 1. The molecule has 7 nitrogen and oxygen atoms in total. The minimum absolute atomic E-state index is 0.0522. The number of benzene rings is 1. The molecule has 0 N–H and O–H groups in total. The molecule has 3 heterocycles. The van der Waals surface area contributed by atoms with Crippen LogP contribution < -0.4 is 15.0 Å². The third-order valence-corrected chi connectivity index (χ3v) is 5.33. The Bertz CT molecular complexity index is 1170. The number of halogens is 2. The molecule has 0 saturated heterocycles. The molecule has 1 aliphatic heterocycles. The molecule has 0 radical (unpaired) electrons. The number of hydrogen-bond donors (Lipinski definition) is 0. The molecule has 1 aromatic carbocycles. The van der Waals surface area contributed by atoms with Gasteiger partial charge < -0.3 is 14.0 Å². The number of hydrogen-bond acceptors (Lipinski definition) is 5. The van der Waals surface area contributed by atoms with Crippen LogP contribution in [0.3, 0.4) is 0 Å². The number of ether oxygens (including phenoxy) is 2. The Morgan fingerprint density at radius 2 is 1.93 bits per heavy atom. The van der Waals surface area contributed by atoms with E-state index in [9.17, 15) is 9.59 Å². The lowest BCUT2D eigenvalue weighted by Gasteiger charge is -2.11.